The zero-order valence-corrected chi connectivity index (χ0v) is 8.74. The zero-order valence-electron chi connectivity index (χ0n) is 8.74. The molecule has 0 radical (unpaired) electrons. The molecule has 1 aliphatic heterocycles. The van der Waals surface area contributed by atoms with Crippen molar-refractivity contribution in [3.05, 3.63) is 12.7 Å². The van der Waals surface area contributed by atoms with Gasteiger partial charge in [0.15, 0.2) is 6.29 Å². The third kappa shape index (κ3) is 2.76. The van der Waals surface area contributed by atoms with E-state index in [2.05, 4.69) is 6.58 Å². The topological polar surface area (TPSA) is 79.2 Å². The predicted molar refractivity (Wildman–Crippen MR) is 53.1 cm³/mol. The van der Waals surface area contributed by atoms with Gasteiger partial charge in [0.05, 0.1) is 19.3 Å². The lowest BCUT2D eigenvalue weighted by Crippen LogP contribution is -2.55. The van der Waals surface area contributed by atoms with Crippen LogP contribution in [0.1, 0.15) is 6.92 Å². The first-order chi connectivity index (χ1) is 7.11. The second kappa shape index (κ2) is 5.58. The first kappa shape index (κ1) is 12.6. The van der Waals surface area contributed by atoms with Crippen LogP contribution in [-0.4, -0.2) is 53.1 Å². The number of aliphatic hydroxyl groups is 3. The second-order valence-electron chi connectivity index (χ2n) is 3.69. The molecule has 0 aromatic carbocycles. The summed E-state index contributed by atoms with van der Waals surface area (Å²) in [6.07, 6.45) is -1.88. The fourth-order valence-corrected chi connectivity index (χ4v) is 1.57. The summed E-state index contributed by atoms with van der Waals surface area (Å²) >= 11 is 0. The molecular weight excluding hydrogens is 200 g/mol. The summed E-state index contributed by atoms with van der Waals surface area (Å²) in [5, 5.41) is 28.1. The summed E-state index contributed by atoms with van der Waals surface area (Å²) in [4.78, 5) is 0. The van der Waals surface area contributed by atoms with E-state index < -0.39 is 24.6 Å². The molecule has 0 saturated carbocycles. The molecule has 1 fully saturated rings. The fraction of sp³-hybridized carbons (Fsp3) is 0.800. The SMILES string of the molecule is C=CCO[C@H]1O[C@H](CO)[C@H](O)[C@H](O)[C@H]1C. The number of hydrogen-bond donors (Lipinski definition) is 3. The molecule has 1 saturated heterocycles. The van der Waals surface area contributed by atoms with Crippen LogP contribution in [0.5, 0.6) is 0 Å². The van der Waals surface area contributed by atoms with Crippen LogP contribution in [0, 0.1) is 5.92 Å². The summed E-state index contributed by atoms with van der Waals surface area (Å²) in [5.74, 6) is -0.345. The molecule has 1 aliphatic rings. The molecule has 1 heterocycles. The first-order valence-electron chi connectivity index (χ1n) is 4.96. The third-order valence-electron chi connectivity index (χ3n) is 2.57. The monoisotopic (exact) mass is 218 g/mol. The molecule has 0 bridgehead atoms. The molecule has 5 atom stereocenters. The maximum atomic E-state index is 9.67. The maximum Gasteiger partial charge on any atom is 0.163 e. The molecule has 15 heavy (non-hydrogen) atoms. The zero-order chi connectivity index (χ0) is 11.4. The Kier molecular flexibility index (Phi) is 4.69. The van der Waals surface area contributed by atoms with E-state index in [1.165, 1.54) is 0 Å². The molecule has 0 aliphatic carbocycles. The van der Waals surface area contributed by atoms with Gasteiger partial charge >= 0.3 is 0 Å². The van der Waals surface area contributed by atoms with E-state index in [-0.39, 0.29) is 12.5 Å². The molecule has 0 spiro atoms. The van der Waals surface area contributed by atoms with E-state index in [9.17, 15) is 10.2 Å². The predicted octanol–water partition coefficient (Wildman–Crippen LogP) is -0.736. The quantitative estimate of drug-likeness (QED) is 0.542. The molecule has 0 aromatic rings. The minimum absolute atomic E-state index is 0.302. The lowest BCUT2D eigenvalue weighted by Gasteiger charge is -2.40. The smallest absolute Gasteiger partial charge is 0.163 e. The van der Waals surface area contributed by atoms with Crippen molar-refractivity contribution in [2.75, 3.05) is 13.2 Å². The summed E-state index contributed by atoms with van der Waals surface area (Å²) in [6.45, 7) is 5.17. The van der Waals surface area contributed by atoms with Gasteiger partial charge in [-0.3, -0.25) is 0 Å². The van der Waals surface area contributed by atoms with E-state index in [0.717, 1.165) is 0 Å². The molecule has 1 rings (SSSR count). The Bertz CT molecular complexity index is 206. The standard InChI is InChI=1S/C10H18O5/c1-3-4-14-10-6(2)8(12)9(13)7(5-11)15-10/h3,6-13H,1,4-5H2,2H3/t6-,7-,8-,9+,10+/m1/s1. The van der Waals surface area contributed by atoms with Gasteiger partial charge in [0, 0.05) is 5.92 Å². The van der Waals surface area contributed by atoms with Gasteiger partial charge in [-0.2, -0.15) is 0 Å². The Morgan fingerprint density at radius 1 is 1.40 bits per heavy atom. The molecular formula is C10H18O5. The number of ether oxygens (including phenoxy) is 2. The van der Waals surface area contributed by atoms with E-state index in [0.29, 0.717) is 6.61 Å². The number of hydrogen-bond acceptors (Lipinski definition) is 5. The highest BCUT2D eigenvalue weighted by Gasteiger charge is 2.42. The molecule has 0 aromatic heterocycles. The van der Waals surface area contributed by atoms with E-state index in [1.807, 2.05) is 0 Å². The molecule has 0 amide bonds. The van der Waals surface area contributed by atoms with E-state index >= 15 is 0 Å². The second-order valence-corrected chi connectivity index (χ2v) is 3.69. The lowest BCUT2D eigenvalue weighted by atomic mass is 9.92. The van der Waals surface area contributed by atoms with Gasteiger partial charge in [-0.25, -0.2) is 0 Å². The Morgan fingerprint density at radius 3 is 2.60 bits per heavy atom. The highest BCUT2D eigenvalue weighted by Crippen LogP contribution is 2.26. The van der Waals surface area contributed by atoms with Gasteiger partial charge in [-0.15, -0.1) is 6.58 Å². The highest BCUT2D eigenvalue weighted by molar-refractivity contribution is 4.87. The van der Waals surface area contributed by atoms with Crippen molar-refractivity contribution in [2.45, 2.75) is 31.5 Å². The van der Waals surface area contributed by atoms with Crippen LogP contribution < -0.4 is 0 Å². The van der Waals surface area contributed by atoms with Crippen molar-refractivity contribution in [3.63, 3.8) is 0 Å². The van der Waals surface area contributed by atoms with Gasteiger partial charge in [0.2, 0.25) is 0 Å². The van der Waals surface area contributed by atoms with Gasteiger partial charge in [0.25, 0.3) is 0 Å². The normalized spacial score (nSPS) is 41.5. The van der Waals surface area contributed by atoms with Crippen LogP contribution in [0.3, 0.4) is 0 Å². The Morgan fingerprint density at radius 2 is 2.07 bits per heavy atom. The summed E-state index contributed by atoms with van der Waals surface area (Å²) in [5.41, 5.74) is 0. The fourth-order valence-electron chi connectivity index (χ4n) is 1.57. The van der Waals surface area contributed by atoms with Crippen LogP contribution in [0.15, 0.2) is 12.7 Å². The van der Waals surface area contributed by atoms with Crippen LogP contribution >= 0.6 is 0 Å². The Balaban J connectivity index is 2.60. The van der Waals surface area contributed by atoms with Gasteiger partial charge < -0.3 is 24.8 Å². The van der Waals surface area contributed by atoms with Crippen molar-refractivity contribution in [1.82, 2.24) is 0 Å². The highest BCUT2D eigenvalue weighted by atomic mass is 16.7. The van der Waals surface area contributed by atoms with E-state index in [1.54, 1.807) is 13.0 Å². The Hall–Kier alpha value is -0.460. The summed E-state index contributed by atoms with van der Waals surface area (Å²) in [6, 6.07) is 0. The molecule has 5 heteroatoms. The van der Waals surface area contributed by atoms with Gasteiger partial charge in [-0.1, -0.05) is 13.0 Å². The molecule has 88 valence electrons. The molecule has 0 unspecified atom stereocenters. The maximum absolute atomic E-state index is 9.67. The molecule has 5 nitrogen and oxygen atoms in total. The van der Waals surface area contributed by atoms with Gasteiger partial charge in [0.1, 0.15) is 12.2 Å². The average Bonchev–Trinajstić information content (AvgIpc) is 2.25. The van der Waals surface area contributed by atoms with E-state index in [4.69, 9.17) is 14.6 Å². The molecule has 3 N–H and O–H groups in total. The lowest BCUT2D eigenvalue weighted by molar-refractivity contribution is -0.279. The Labute approximate surface area is 88.9 Å². The third-order valence-corrected chi connectivity index (χ3v) is 2.57. The summed E-state index contributed by atoms with van der Waals surface area (Å²) in [7, 11) is 0. The number of aliphatic hydroxyl groups excluding tert-OH is 3. The van der Waals surface area contributed by atoms with Crippen molar-refractivity contribution >= 4 is 0 Å². The minimum Gasteiger partial charge on any atom is -0.394 e. The van der Waals surface area contributed by atoms with Crippen LogP contribution in [0.4, 0.5) is 0 Å². The summed E-state index contributed by atoms with van der Waals surface area (Å²) < 4.78 is 10.6. The van der Waals surface area contributed by atoms with Crippen LogP contribution in [0.2, 0.25) is 0 Å². The minimum atomic E-state index is -1.08. The average molecular weight is 218 g/mol. The van der Waals surface area contributed by atoms with Crippen LogP contribution in [-0.2, 0) is 9.47 Å². The van der Waals surface area contributed by atoms with Crippen molar-refractivity contribution in [3.8, 4) is 0 Å². The van der Waals surface area contributed by atoms with Crippen molar-refractivity contribution in [2.24, 2.45) is 5.92 Å². The largest absolute Gasteiger partial charge is 0.394 e. The number of rotatable bonds is 4. The first-order valence-corrected chi connectivity index (χ1v) is 4.96. The van der Waals surface area contributed by atoms with Gasteiger partial charge in [-0.05, 0) is 0 Å². The van der Waals surface area contributed by atoms with Crippen molar-refractivity contribution in [1.29, 1.82) is 0 Å². The van der Waals surface area contributed by atoms with Crippen LogP contribution in [0.25, 0.3) is 0 Å². The van der Waals surface area contributed by atoms with Crippen molar-refractivity contribution < 1.29 is 24.8 Å².